The molecule has 0 fully saturated rings. The van der Waals surface area contributed by atoms with Gasteiger partial charge in [0.15, 0.2) is 0 Å². The summed E-state index contributed by atoms with van der Waals surface area (Å²) < 4.78 is 1.84. The van der Waals surface area contributed by atoms with Crippen molar-refractivity contribution in [3.05, 3.63) is 58.8 Å². The smallest absolute Gasteiger partial charge is 0.0898 e. The fraction of sp³-hybridized carbons (Fsp3) is 0.143. The van der Waals surface area contributed by atoms with Gasteiger partial charge in [-0.1, -0.05) is 0 Å². The maximum absolute atomic E-state index is 4.43. The summed E-state index contributed by atoms with van der Waals surface area (Å²) in [5, 5.41) is 10.7. The first kappa shape index (κ1) is 11.9. The van der Waals surface area contributed by atoms with Gasteiger partial charge in [-0.25, -0.2) is 9.67 Å². The van der Waals surface area contributed by atoms with Crippen molar-refractivity contribution >= 4 is 17.0 Å². The molecular weight excluding hydrogens is 256 g/mol. The van der Waals surface area contributed by atoms with E-state index in [2.05, 4.69) is 32.9 Å². The number of hydrogen-bond acceptors (Lipinski definition) is 4. The Kier molecular flexibility index (Phi) is 3.29. The molecule has 1 N–H and O–H groups in total. The van der Waals surface area contributed by atoms with Crippen LogP contribution < -0.4 is 5.32 Å². The lowest BCUT2D eigenvalue weighted by atomic mass is 10.3. The molecule has 5 heteroatoms. The van der Waals surface area contributed by atoms with E-state index in [0.717, 1.165) is 28.6 Å². The van der Waals surface area contributed by atoms with Crippen LogP contribution in [0.15, 0.2) is 48.1 Å². The molecule has 0 unspecified atom stereocenters. The van der Waals surface area contributed by atoms with E-state index < -0.39 is 0 Å². The van der Waals surface area contributed by atoms with Gasteiger partial charge in [-0.3, -0.25) is 0 Å². The number of rotatable bonds is 4. The zero-order valence-corrected chi connectivity index (χ0v) is 11.4. The molecule has 0 aliphatic heterocycles. The van der Waals surface area contributed by atoms with Crippen LogP contribution in [-0.4, -0.2) is 14.8 Å². The van der Waals surface area contributed by atoms with Gasteiger partial charge in [-0.2, -0.15) is 5.10 Å². The zero-order chi connectivity index (χ0) is 13.1. The second-order valence-corrected chi connectivity index (χ2v) is 5.27. The fourth-order valence-corrected chi connectivity index (χ4v) is 2.45. The molecule has 3 aromatic rings. The molecule has 0 amide bonds. The normalized spacial score (nSPS) is 10.6. The van der Waals surface area contributed by atoms with Crippen LogP contribution in [0.25, 0.3) is 5.69 Å². The van der Waals surface area contributed by atoms with Gasteiger partial charge in [0.2, 0.25) is 0 Å². The first-order valence-corrected chi connectivity index (χ1v) is 6.94. The summed E-state index contributed by atoms with van der Waals surface area (Å²) in [5.74, 6) is 0. The molecule has 3 rings (SSSR count). The van der Waals surface area contributed by atoms with Gasteiger partial charge in [0.1, 0.15) is 0 Å². The lowest BCUT2D eigenvalue weighted by Crippen LogP contribution is -2.00. The van der Waals surface area contributed by atoms with Gasteiger partial charge in [0, 0.05) is 23.5 Å². The minimum atomic E-state index is 0.755. The number of hydrogen-bond donors (Lipinski definition) is 1. The van der Waals surface area contributed by atoms with Crippen molar-refractivity contribution in [3.63, 3.8) is 0 Å². The maximum atomic E-state index is 4.43. The summed E-state index contributed by atoms with van der Waals surface area (Å²) in [6, 6.07) is 10.1. The van der Waals surface area contributed by atoms with Gasteiger partial charge in [-0.05, 0) is 37.3 Å². The molecule has 96 valence electrons. The highest BCUT2D eigenvalue weighted by Crippen LogP contribution is 2.14. The van der Waals surface area contributed by atoms with Gasteiger partial charge < -0.3 is 5.32 Å². The molecule has 0 atom stereocenters. The van der Waals surface area contributed by atoms with Gasteiger partial charge in [-0.15, -0.1) is 11.3 Å². The van der Waals surface area contributed by atoms with E-state index in [1.54, 1.807) is 17.5 Å². The molecule has 1 aromatic carbocycles. The molecule has 2 aromatic heterocycles. The summed E-state index contributed by atoms with van der Waals surface area (Å²) in [4.78, 5) is 4.43. The quantitative estimate of drug-likeness (QED) is 0.791. The maximum Gasteiger partial charge on any atom is 0.0898 e. The van der Waals surface area contributed by atoms with Crippen LogP contribution in [0.4, 0.5) is 5.69 Å². The van der Waals surface area contributed by atoms with Crippen LogP contribution in [0, 0.1) is 6.92 Å². The van der Waals surface area contributed by atoms with E-state index in [9.17, 15) is 0 Å². The summed E-state index contributed by atoms with van der Waals surface area (Å²) in [7, 11) is 0. The second kappa shape index (κ2) is 5.24. The van der Waals surface area contributed by atoms with E-state index in [1.165, 1.54) is 0 Å². The summed E-state index contributed by atoms with van der Waals surface area (Å²) in [5.41, 5.74) is 3.22. The van der Waals surface area contributed by atoms with E-state index in [-0.39, 0.29) is 0 Å². The van der Waals surface area contributed by atoms with Gasteiger partial charge in [0.05, 0.1) is 22.9 Å². The lowest BCUT2D eigenvalue weighted by Gasteiger charge is -2.06. The Labute approximate surface area is 115 Å². The third-order valence-electron chi connectivity index (χ3n) is 2.78. The van der Waals surface area contributed by atoms with Crippen LogP contribution in [-0.2, 0) is 6.54 Å². The van der Waals surface area contributed by atoms with Crippen LogP contribution in [0.5, 0.6) is 0 Å². The first-order chi connectivity index (χ1) is 9.31. The Hall–Kier alpha value is -2.14. The van der Waals surface area contributed by atoms with Crippen LogP contribution in [0.1, 0.15) is 10.7 Å². The molecule has 0 spiro atoms. The van der Waals surface area contributed by atoms with Crippen molar-refractivity contribution < 1.29 is 0 Å². The number of benzene rings is 1. The van der Waals surface area contributed by atoms with E-state index in [4.69, 9.17) is 0 Å². The molecule has 0 bridgehead atoms. The molecule has 0 saturated heterocycles. The molecule has 2 heterocycles. The van der Waals surface area contributed by atoms with E-state index in [1.807, 2.05) is 36.0 Å². The predicted molar refractivity (Wildman–Crippen MR) is 77.7 cm³/mol. The number of aromatic nitrogens is 3. The van der Waals surface area contributed by atoms with Crippen molar-refractivity contribution in [2.45, 2.75) is 13.5 Å². The Bertz CT molecular complexity index is 640. The van der Waals surface area contributed by atoms with Crippen LogP contribution in [0.2, 0.25) is 0 Å². The van der Waals surface area contributed by atoms with Crippen molar-refractivity contribution in [1.29, 1.82) is 0 Å². The Balaban J connectivity index is 1.66. The van der Waals surface area contributed by atoms with Gasteiger partial charge in [0.25, 0.3) is 0 Å². The Morgan fingerprint density at radius 3 is 2.74 bits per heavy atom. The van der Waals surface area contributed by atoms with Crippen molar-refractivity contribution in [3.8, 4) is 5.69 Å². The molecule has 0 radical (unpaired) electrons. The largest absolute Gasteiger partial charge is 0.379 e. The van der Waals surface area contributed by atoms with E-state index in [0.29, 0.717) is 0 Å². The average molecular weight is 270 g/mol. The number of nitrogens with one attached hydrogen (secondary N) is 1. The summed E-state index contributed by atoms with van der Waals surface area (Å²) >= 11 is 1.68. The molecule has 0 aliphatic rings. The number of nitrogens with zero attached hydrogens (tertiary/aromatic N) is 3. The number of thiazole rings is 1. The third kappa shape index (κ3) is 2.82. The van der Waals surface area contributed by atoms with E-state index >= 15 is 0 Å². The molecule has 0 saturated carbocycles. The molecule has 4 nitrogen and oxygen atoms in total. The Morgan fingerprint density at radius 2 is 2.11 bits per heavy atom. The Morgan fingerprint density at radius 1 is 1.26 bits per heavy atom. The standard InChI is InChI=1S/C14H14N4S/c1-11-17-13(10-19-11)9-15-12-3-5-14(6-4-12)18-8-2-7-16-18/h2-8,10,15H,9H2,1H3. The zero-order valence-electron chi connectivity index (χ0n) is 10.6. The average Bonchev–Trinajstić information content (AvgIpc) is 3.08. The topological polar surface area (TPSA) is 42.7 Å². The first-order valence-electron chi connectivity index (χ1n) is 6.06. The summed E-state index contributed by atoms with van der Waals surface area (Å²) in [6.07, 6.45) is 3.71. The number of anilines is 1. The monoisotopic (exact) mass is 270 g/mol. The lowest BCUT2D eigenvalue weighted by molar-refractivity contribution is 0.880. The van der Waals surface area contributed by atoms with Crippen molar-refractivity contribution in [2.75, 3.05) is 5.32 Å². The second-order valence-electron chi connectivity index (χ2n) is 4.21. The molecular formula is C14H14N4S. The highest BCUT2D eigenvalue weighted by Gasteiger charge is 1.99. The molecule has 19 heavy (non-hydrogen) atoms. The van der Waals surface area contributed by atoms with Crippen LogP contribution in [0.3, 0.4) is 0 Å². The fourth-order valence-electron chi connectivity index (χ4n) is 1.84. The minimum Gasteiger partial charge on any atom is -0.379 e. The van der Waals surface area contributed by atoms with Crippen LogP contribution >= 0.6 is 11.3 Å². The third-order valence-corrected chi connectivity index (χ3v) is 3.60. The number of aryl methyl sites for hydroxylation is 1. The SMILES string of the molecule is Cc1nc(CNc2ccc(-n3cccn3)cc2)cs1. The summed E-state index contributed by atoms with van der Waals surface area (Å²) in [6.45, 7) is 2.78. The predicted octanol–water partition coefficient (Wildman–Crippen LogP) is 3.25. The van der Waals surface area contributed by atoms with Crippen molar-refractivity contribution in [2.24, 2.45) is 0 Å². The van der Waals surface area contributed by atoms with Gasteiger partial charge >= 0.3 is 0 Å². The highest BCUT2D eigenvalue weighted by atomic mass is 32.1. The van der Waals surface area contributed by atoms with Crippen molar-refractivity contribution in [1.82, 2.24) is 14.8 Å². The highest BCUT2D eigenvalue weighted by molar-refractivity contribution is 7.09. The minimum absolute atomic E-state index is 0.755. The molecule has 0 aliphatic carbocycles.